The molecule has 0 saturated heterocycles. The molecule has 0 unspecified atom stereocenters. The van der Waals surface area contributed by atoms with Gasteiger partial charge in [0.15, 0.2) is 0 Å². The molecule has 0 aromatic rings. The lowest BCUT2D eigenvalue weighted by atomic mass is 9.99. The van der Waals surface area contributed by atoms with Gasteiger partial charge >= 0.3 is 6.03 Å². The van der Waals surface area contributed by atoms with E-state index in [9.17, 15) is 4.79 Å². The van der Waals surface area contributed by atoms with Crippen LogP contribution >= 0.6 is 0 Å². The highest BCUT2D eigenvalue weighted by atomic mass is 16.2. The number of urea groups is 1. The number of hydrogen-bond acceptors (Lipinski definition) is 1. The van der Waals surface area contributed by atoms with Crippen LogP contribution in [0.3, 0.4) is 0 Å². The van der Waals surface area contributed by atoms with Gasteiger partial charge in [-0.15, -0.1) is 0 Å². The Kier molecular flexibility index (Phi) is 23.9. The summed E-state index contributed by atoms with van der Waals surface area (Å²) in [6.45, 7) is 4.56. The van der Waals surface area contributed by atoms with Crippen molar-refractivity contribution in [1.82, 2.24) is 10.6 Å². The third kappa shape index (κ3) is 22.0. The van der Waals surface area contributed by atoms with E-state index < -0.39 is 0 Å². The Morgan fingerprint density at radius 1 is 0.533 bits per heavy atom. The predicted octanol–water partition coefficient (Wildman–Crippen LogP) is 8.91. The molecule has 0 aromatic carbocycles. The molecule has 0 saturated carbocycles. The largest absolute Gasteiger partial charge is 0.341 e. The highest BCUT2D eigenvalue weighted by Crippen LogP contribution is 2.16. The molecule has 2 N–H and O–H groups in total. The molecule has 2 amide bonds. The van der Waals surface area contributed by atoms with Gasteiger partial charge in [0.1, 0.15) is 0 Å². The quantitative estimate of drug-likeness (QED) is 0.158. The SMILES string of the molecule is CCCCCCCCCCCCC(CCCCCCCCCCCC)NC(=O)NC. The summed E-state index contributed by atoms with van der Waals surface area (Å²) in [4.78, 5) is 11.8. The minimum absolute atomic E-state index is 0.0147. The summed E-state index contributed by atoms with van der Waals surface area (Å²) < 4.78 is 0. The second-order valence-electron chi connectivity index (χ2n) is 9.36. The van der Waals surface area contributed by atoms with E-state index in [1.54, 1.807) is 7.05 Å². The fourth-order valence-corrected chi connectivity index (χ4v) is 4.30. The van der Waals surface area contributed by atoms with E-state index in [4.69, 9.17) is 0 Å². The maximum absolute atomic E-state index is 11.8. The van der Waals surface area contributed by atoms with E-state index in [2.05, 4.69) is 24.5 Å². The zero-order valence-corrected chi connectivity index (χ0v) is 21.0. The summed E-state index contributed by atoms with van der Waals surface area (Å²) in [6, 6.07) is 0.340. The maximum atomic E-state index is 11.8. The second kappa shape index (κ2) is 24.5. The smallest absolute Gasteiger partial charge is 0.314 e. The van der Waals surface area contributed by atoms with Crippen molar-refractivity contribution in [3.05, 3.63) is 0 Å². The average Bonchev–Trinajstić information content (AvgIpc) is 2.75. The van der Waals surface area contributed by atoms with Gasteiger partial charge in [-0.2, -0.15) is 0 Å². The Bertz CT molecular complexity index is 322. The standard InChI is InChI=1S/C27H56N2O/c1-4-6-8-10-12-14-16-18-20-22-24-26(29-27(30)28-3)25-23-21-19-17-15-13-11-9-7-5-2/h26H,4-25H2,1-3H3,(H2,28,29,30). The molecule has 30 heavy (non-hydrogen) atoms. The van der Waals surface area contributed by atoms with E-state index in [0.29, 0.717) is 6.04 Å². The molecule has 0 aliphatic heterocycles. The molecule has 0 aromatic heterocycles. The minimum Gasteiger partial charge on any atom is -0.341 e. The molecule has 0 rings (SSSR count). The van der Waals surface area contributed by atoms with Gasteiger partial charge in [-0.25, -0.2) is 4.79 Å². The van der Waals surface area contributed by atoms with Crippen molar-refractivity contribution in [2.75, 3.05) is 7.05 Å². The zero-order chi connectivity index (χ0) is 22.1. The molecule has 3 nitrogen and oxygen atoms in total. The highest BCUT2D eigenvalue weighted by Gasteiger charge is 2.10. The monoisotopic (exact) mass is 424 g/mol. The molecule has 180 valence electrons. The van der Waals surface area contributed by atoms with Crippen LogP contribution in [0.4, 0.5) is 4.79 Å². The van der Waals surface area contributed by atoms with Gasteiger partial charge in [0.25, 0.3) is 0 Å². The molecule has 0 aliphatic carbocycles. The summed E-state index contributed by atoms with van der Waals surface area (Å²) in [7, 11) is 1.72. The first-order valence-electron chi connectivity index (χ1n) is 13.7. The Morgan fingerprint density at radius 3 is 1.13 bits per heavy atom. The van der Waals surface area contributed by atoms with Crippen LogP contribution in [0.5, 0.6) is 0 Å². The van der Waals surface area contributed by atoms with Crippen molar-refractivity contribution in [3.8, 4) is 0 Å². The molecule has 0 radical (unpaired) electrons. The van der Waals surface area contributed by atoms with Gasteiger partial charge in [-0.05, 0) is 12.8 Å². The number of rotatable bonds is 23. The van der Waals surface area contributed by atoms with Crippen LogP contribution < -0.4 is 10.6 Å². The van der Waals surface area contributed by atoms with Gasteiger partial charge in [0.05, 0.1) is 0 Å². The number of nitrogens with one attached hydrogen (secondary N) is 2. The van der Waals surface area contributed by atoms with Gasteiger partial charge in [0, 0.05) is 13.1 Å². The van der Waals surface area contributed by atoms with Crippen molar-refractivity contribution in [3.63, 3.8) is 0 Å². The lowest BCUT2D eigenvalue weighted by Gasteiger charge is -2.18. The number of unbranched alkanes of at least 4 members (excludes halogenated alkanes) is 18. The molecular formula is C27H56N2O. The molecule has 0 spiro atoms. The van der Waals surface area contributed by atoms with Crippen molar-refractivity contribution in [1.29, 1.82) is 0 Å². The van der Waals surface area contributed by atoms with Crippen LogP contribution in [0.15, 0.2) is 0 Å². The third-order valence-corrected chi connectivity index (χ3v) is 6.37. The molecular weight excluding hydrogens is 368 g/mol. The van der Waals surface area contributed by atoms with Crippen molar-refractivity contribution >= 4 is 6.03 Å². The van der Waals surface area contributed by atoms with Gasteiger partial charge in [-0.1, -0.05) is 142 Å². The summed E-state index contributed by atoms with van der Waals surface area (Å²) in [5, 5.41) is 5.90. The topological polar surface area (TPSA) is 41.1 Å². The molecule has 3 heteroatoms. The predicted molar refractivity (Wildman–Crippen MR) is 134 cm³/mol. The van der Waals surface area contributed by atoms with Gasteiger partial charge in [-0.3, -0.25) is 0 Å². The van der Waals surface area contributed by atoms with E-state index >= 15 is 0 Å². The molecule has 0 aliphatic rings. The highest BCUT2D eigenvalue weighted by molar-refractivity contribution is 5.73. The zero-order valence-electron chi connectivity index (χ0n) is 21.0. The molecule has 0 heterocycles. The lowest BCUT2D eigenvalue weighted by molar-refractivity contribution is 0.236. The Labute approximate surface area is 189 Å². The lowest BCUT2D eigenvalue weighted by Crippen LogP contribution is -2.40. The number of hydrogen-bond donors (Lipinski definition) is 2. The fraction of sp³-hybridized carbons (Fsp3) is 0.963. The third-order valence-electron chi connectivity index (χ3n) is 6.37. The first kappa shape index (κ1) is 29.3. The summed E-state index contributed by atoms with van der Waals surface area (Å²) in [5.41, 5.74) is 0. The van der Waals surface area contributed by atoms with E-state index in [1.807, 2.05) is 0 Å². The summed E-state index contributed by atoms with van der Waals surface area (Å²) >= 11 is 0. The van der Waals surface area contributed by atoms with Gasteiger partial charge < -0.3 is 10.6 Å². The second-order valence-corrected chi connectivity index (χ2v) is 9.36. The Balaban J connectivity index is 3.67. The maximum Gasteiger partial charge on any atom is 0.314 e. The molecule has 0 atom stereocenters. The van der Waals surface area contributed by atoms with Crippen LogP contribution in [0.1, 0.15) is 155 Å². The normalized spacial score (nSPS) is 11.2. The van der Waals surface area contributed by atoms with Crippen molar-refractivity contribution in [2.24, 2.45) is 0 Å². The Morgan fingerprint density at radius 2 is 0.833 bits per heavy atom. The molecule has 0 fully saturated rings. The van der Waals surface area contributed by atoms with Crippen LogP contribution in [0, 0.1) is 0 Å². The van der Waals surface area contributed by atoms with Crippen molar-refractivity contribution in [2.45, 2.75) is 161 Å². The number of carbonyl (C=O) groups is 1. The van der Waals surface area contributed by atoms with E-state index in [1.165, 1.54) is 128 Å². The fourth-order valence-electron chi connectivity index (χ4n) is 4.30. The Hall–Kier alpha value is -0.730. The first-order chi connectivity index (χ1) is 14.7. The summed E-state index contributed by atoms with van der Waals surface area (Å²) in [5.74, 6) is 0. The average molecular weight is 425 g/mol. The molecule has 0 bridgehead atoms. The minimum atomic E-state index is -0.0147. The van der Waals surface area contributed by atoms with E-state index in [0.717, 1.165) is 12.8 Å². The number of carbonyl (C=O) groups excluding carboxylic acids is 1. The van der Waals surface area contributed by atoms with Gasteiger partial charge in [0.2, 0.25) is 0 Å². The first-order valence-corrected chi connectivity index (χ1v) is 13.7. The van der Waals surface area contributed by atoms with E-state index in [-0.39, 0.29) is 6.03 Å². The van der Waals surface area contributed by atoms with Crippen LogP contribution in [-0.4, -0.2) is 19.1 Å². The van der Waals surface area contributed by atoms with Crippen LogP contribution in [0.25, 0.3) is 0 Å². The van der Waals surface area contributed by atoms with Crippen molar-refractivity contribution < 1.29 is 4.79 Å². The summed E-state index contributed by atoms with van der Waals surface area (Å²) in [6.07, 6.45) is 29.7. The van der Waals surface area contributed by atoms with Crippen LogP contribution in [0.2, 0.25) is 0 Å². The van der Waals surface area contributed by atoms with Crippen LogP contribution in [-0.2, 0) is 0 Å². The number of amides is 2.